The van der Waals surface area contributed by atoms with Crippen LogP contribution in [0.4, 0.5) is 0 Å². The zero-order chi connectivity index (χ0) is 10.4. The van der Waals surface area contributed by atoms with Crippen molar-refractivity contribution in [2.45, 2.75) is 26.8 Å². The molecule has 0 saturated heterocycles. The van der Waals surface area contributed by atoms with Gasteiger partial charge in [-0.1, -0.05) is 18.2 Å². The van der Waals surface area contributed by atoms with Gasteiger partial charge in [-0.15, -0.1) is 11.6 Å². The Bertz CT molecular complexity index is 263. The number of nitrogens with one attached hydrogen (secondary N) is 1. The van der Waals surface area contributed by atoms with Crippen LogP contribution in [0.25, 0.3) is 0 Å². The van der Waals surface area contributed by atoms with Crippen molar-refractivity contribution >= 4 is 11.6 Å². The van der Waals surface area contributed by atoms with Crippen molar-refractivity contribution in [2.24, 2.45) is 0 Å². The van der Waals surface area contributed by atoms with Crippen LogP contribution in [0, 0.1) is 13.8 Å². The predicted octanol–water partition coefficient (Wildman–Crippen LogP) is 3.02. The molecular formula is C12H18ClN. The molecule has 0 spiro atoms. The van der Waals surface area contributed by atoms with Crippen LogP contribution in [0.1, 0.15) is 23.1 Å². The molecule has 14 heavy (non-hydrogen) atoms. The quantitative estimate of drug-likeness (QED) is 0.583. The van der Waals surface area contributed by atoms with E-state index in [2.05, 4.69) is 37.4 Å². The Balaban J connectivity index is 2.49. The molecule has 78 valence electrons. The molecule has 1 aromatic carbocycles. The summed E-state index contributed by atoms with van der Waals surface area (Å²) in [5.74, 6) is 0.736. The molecule has 0 atom stereocenters. The van der Waals surface area contributed by atoms with Gasteiger partial charge in [0.15, 0.2) is 0 Å². The van der Waals surface area contributed by atoms with Crippen molar-refractivity contribution in [3.8, 4) is 0 Å². The zero-order valence-corrected chi connectivity index (χ0v) is 9.69. The van der Waals surface area contributed by atoms with Gasteiger partial charge in [-0.25, -0.2) is 0 Å². The lowest BCUT2D eigenvalue weighted by molar-refractivity contribution is 0.673. The number of halogens is 1. The molecular weight excluding hydrogens is 194 g/mol. The summed E-state index contributed by atoms with van der Waals surface area (Å²) in [6.45, 7) is 6.27. The van der Waals surface area contributed by atoms with Gasteiger partial charge < -0.3 is 5.32 Å². The van der Waals surface area contributed by atoms with E-state index in [-0.39, 0.29) is 0 Å². The van der Waals surface area contributed by atoms with E-state index < -0.39 is 0 Å². The van der Waals surface area contributed by atoms with Crippen LogP contribution in [0.3, 0.4) is 0 Å². The van der Waals surface area contributed by atoms with Gasteiger partial charge in [0.05, 0.1) is 0 Å². The second kappa shape index (κ2) is 6.05. The average Bonchev–Trinajstić information content (AvgIpc) is 2.16. The Morgan fingerprint density at radius 3 is 2.43 bits per heavy atom. The minimum Gasteiger partial charge on any atom is -0.313 e. The molecule has 2 heteroatoms. The molecule has 0 aliphatic heterocycles. The smallest absolute Gasteiger partial charge is 0.0235 e. The summed E-state index contributed by atoms with van der Waals surface area (Å²) >= 11 is 5.61. The lowest BCUT2D eigenvalue weighted by atomic mass is 10.0. The van der Waals surface area contributed by atoms with Crippen LogP contribution in [-0.2, 0) is 6.54 Å². The first-order chi connectivity index (χ1) is 6.75. The normalized spacial score (nSPS) is 10.5. The predicted molar refractivity (Wildman–Crippen MR) is 63.0 cm³/mol. The fourth-order valence-electron chi connectivity index (χ4n) is 1.53. The van der Waals surface area contributed by atoms with Gasteiger partial charge in [0.2, 0.25) is 0 Å². The number of hydrogen-bond acceptors (Lipinski definition) is 1. The van der Waals surface area contributed by atoms with Crippen LogP contribution >= 0.6 is 11.6 Å². The molecule has 0 bridgehead atoms. The minimum absolute atomic E-state index is 0.736. The molecule has 0 amide bonds. The summed E-state index contributed by atoms with van der Waals surface area (Å²) in [7, 11) is 0. The van der Waals surface area contributed by atoms with Crippen molar-refractivity contribution in [3.05, 3.63) is 34.9 Å². The van der Waals surface area contributed by atoms with E-state index in [0.29, 0.717) is 0 Å². The monoisotopic (exact) mass is 211 g/mol. The molecule has 0 saturated carbocycles. The molecule has 0 aliphatic rings. The van der Waals surface area contributed by atoms with E-state index in [1.54, 1.807) is 0 Å². The molecule has 0 aliphatic carbocycles. The molecule has 1 rings (SSSR count). The van der Waals surface area contributed by atoms with Crippen LogP contribution in [0.15, 0.2) is 18.2 Å². The van der Waals surface area contributed by atoms with E-state index in [1.807, 2.05) is 0 Å². The van der Waals surface area contributed by atoms with Crippen molar-refractivity contribution in [2.75, 3.05) is 12.4 Å². The first-order valence-corrected chi connectivity index (χ1v) is 5.61. The summed E-state index contributed by atoms with van der Waals surface area (Å²) < 4.78 is 0. The van der Waals surface area contributed by atoms with Gasteiger partial charge in [-0.05, 0) is 43.5 Å². The summed E-state index contributed by atoms with van der Waals surface area (Å²) in [5.41, 5.74) is 4.15. The van der Waals surface area contributed by atoms with Crippen LogP contribution in [0.2, 0.25) is 0 Å². The molecule has 0 unspecified atom stereocenters. The van der Waals surface area contributed by atoms with Gasteiger partial charge in [0.1, 0.15) is 0 Å². The molecule has 0 aromatic heterocycles. The highest BCUT2D eigenvalue weighted by Gasteiger charge is 2.00. The van der Waals surface area contributed by atoms with Gasteiger partial charge >= 0.3 is 0 Å². The number of rotatable bonds is 5. The molecule has 0 fully saturated rings. The highest BCUT2D eigenvalue weighted by Crippen LogP contribution is 2.12. The fourth-order valence-corrected chi connectivity index (χ4v) is 1.67. The number of benzene rings is 1. The molecule has 1 N–H and O–H groups in total. The van der Waals surface area contributed by atoms with E-state index in [1.165, 1.54) is 16.7 Å². The standard InChI is InChI=1S/C12H18ClN/c1-10-5-3-6-11(2)12(10)9-14-8-4-7-13/h3,5-6,14H,4,7-9H2,1-2H3. The Hall–Kier alpha value is -0.530. The van der Waals surface area contributed by atoms with E-state index in [9.17, 15) is 0 Å². The Morgan fingerprint density at radius 1 is 1.21 bits per heavy atom. The van der Waals surface area contributed by atoms with Gasteiger partial charge in [-0.2, -0.15) is 0 Å². The molecule has 1 aromatic rings. The van der Waals surface area contributed by atoms with Crippen molar-refractivity contribution < 1.29 is 0 Å². The zero-order valence-electron chi connectivity index (χ0n) is 8.94. The maximum absolute atomic E-state index is 5.61. The third kappa shape index (κ3) is 3.32. The van der Waals surface area contributed by atoms with Crippen molar-refractivity contribution in [1.29, 1.82) is 0 Å². The topological polar surface area (TPSA) is 12.0 Å². The number of aryl methyl sites for hydroxylation is 2. The summed E-state index contributed by atoms with van der Waals surface area (Å²) in [5, 5.41) is 3.40. The summed E-state index contributed by atoms with van der Waals surface area (Å²) in [6, 6.07) is 6.42. The molecule has 0 heterocycles. The van der Waals surface area contributed by atoms with Crippen molar-refractivity contribution in [1.82, 2.24) is 5.32 Å². The second-order valence-electron chi connectivity index (χ2n) is 3.59. The van der Waals surface area contributed by atoms with Crippen LogP contribution < -0.4 is 5.32 Å². The van der Waals surface area contributed by atoms with Crippen LogP contribution in [0.5, 0.6) is 0 Å². The summed E-state index contributed by atoms with van der Waals surface area (Å²) in [6.07, 6.45) is 1.03. The molecule has 1 nitrogen and oxygen atoms in total. The minimum atomic E-state index is 0.736. The lowest BCUT2D eigenvalue weighted by Gasteiger charge is -2.10. The average molecular weight is 212 g/mol. The van der Waals surface area contributed by atoms with E-state index in [0.717, 1.165) is 25.4 Å². The highest BCUT2D eigenvalue weighted by atomic mass is 35.5. The Labute approximate surface area is 91.5 Å². The van der Waals surface area contributed by atoms with Gasteiger partial charge in [0.25, 0.3) is 0 Å². The maximum atomic E-state index is 5.61. The van der Waals surface area contributed by atoms with Crippen LogP contribution in [-0.4, -0.2) is 12.4 Å². The summed E-state index contributed by atoms with van der Waals surface area (Å²) in [4.78, 5) is 0. The maximum Gasteiger partial charge on any atom is 0.0235 e. The Morgan fingerprint density at radius 2 is 1.86 bits per heavy atom. The first-order valence-electron chi connectivity index (χ1n) is 5.07. The van der Waals surface area contributed by atoms with Gasteiger partial charge in [-0.3, -0.25) is 0 Å². The first kappa shape index (κ1) is 11.5. The lowest BCUT2D eigenvalue weighted by Crippen LogP contribution is -2.16. The third-order valence-corrected chi connectivity index (χ3v) is 2.70. The number of alkyl halides is 1. The van der Waals surface area contributed by atoms with E-state index >= 15 is 0 Å². The largest absolute Gasteiger partial charge is 0.313 e. The molecule has 0 radical (unpaired) electrons. The van der Waals surface area contributed by atoms with E-state index in [4.69, 9.17) is 11.6 Å². The van der Waals surface area contributed by atoms with Gasteiger partial charge in [0, 0.05) is 12.4 Å². The SMILES string of the molecule is Cc1cccc(C)c1CNCCCCl. The van der Waals surface area contributed by atoms with Crippen molar-refractivity contribution in [3.63, 3.8) is 0 Å². The second-order valence-corrected chi connectivity index (χ2v) is 3.97. The third-order valence-electron chi connectivity index (χ3n) is 2.43. The number of hydrogen-bond donors (Lipinski definition) is 1. The fraction of sp³-hybridized carbons (Fsp3) is 0.500. The Kier molecular flexibility index (Phi) is 4.99. The highest BCUT2D eigenvalue weighted by molar-refractivity contribution is 6.17.